The van der Waals surface area contributed by atoms with Gasteiger partial charge in [-0.3, -0.25) is 14.8 Å². The number of halogens is 3. The van der Waals surface area contributed by atoms with Crippen LogP contribution in [0.1, 0.15) is 123 Å². The lowest BCUT2D eigenvalue weighted by Gasteiger charge is -2.54. The van der Waals surface area contributed by atoms with E-state index < -0.39 is 47.0 Å². The molecule has 10 heteroatoms. The fourth-order valence-corrected chi connectivity index (χ4v) is 7.03. The molecule has 1 unspecified atom stereocenters. The van der Waals surface area contributed by atoms with Gasteiger partial charge >= 0.3 is 12.1 Å². The van der Waals surface area contributed by atoms with E-state index in [1.165, 1.54) is 13.0 Å². The van der Waals surface area contributed by atoms with E-state index in [-0.39, 0.29) is 5.92 Å². The van der Waals surface area contributed by atoms with Crippen molar-refractivity contribution in [2.24, 2.45) is 5.41 Å². The molecule has 1 saturated heterocycles. The summed E-state index contributed by atoms with van der Waals surface area (Å²) >= 11 is 0. The first-order valence-electron chi connectivity index (χ1n) is 13.7. The van der Waals surface area contributed by atoms with Gasteiger partial charge in [-0.15, -0.1) is 0 Å². The standard InChI is InChI=1S/C29H32F3N2O5/c1-15(2)23-21-22(20-19(36)13-27(7-4-8-27)26(24(20)34-23)38-16(3)35)28(9-11-37-12-10-28)39-25(21)18-6-5-17(14-33-18)29(30,31)32/h5-6,14-15,19,25-26H,4,7-13H2,1-3H3/q-1/t19?,25-,26-/m1/s1. The molecule has 7 nitrogen and oxygen atoms in total. The van der Waals surface area contributed by atoms with E-state index in [0.29, 0.717) is 60.7 Å². The molecule has 2 aromatic heterocycles. The predicted molar refractivity (Wildman–Crippen MR) is 130 cm³/mol. The van der Waals surface area contributed by atoms with Gasteiger partial charge in [-0.25, -0.2) is 0 Å². The SMILES string of the molecule is CC(=O)O[C@@H]1c2nc(C(C)C)c3c(c2C([O-])CC12CCC2)C1(CCOCC1)O[C@@H]3c1ccc(C(F)(F)F)cn1. The Morgan fingerprint density at radius 1 is 1.15 bits per heavy atom. The van der Waals surface area contributed by atoms with Crippen molar-refractivity contribution in [1.29, 1.82) is 0 Å². The van der Waals surface area contributed by atoms with E-state index in [9.17, 15) is 23.1 Å². The lowest BCUT2D eigenvalue weighted by molar-refractivity contribution is -0.439. The van der Waals surface area contributed by atoms with E-state index in [1.807, 2.05) is 13.8 Å². The van der Waals surface area contributed by atoms with Gasteiger partial charge in [0.05, 0.1) is 22.6 Å². The largest absolute Gasteiger partial charge is 0.848 e. The Bertz CT molecular complexity index is 1280. The highest BCUT2D eigenvalue weighted by molar-refractivity contribution is 5.67. The normalized spacial score (nSPS) is 26.8. The lowest BCUT2D eigenvalue weighted by Crippen LogP contribution is -2.47. The second-order valence-electron chi connectivity index (χ2n) is 11.7. The van der Waals surface area contributed by atoms with Crippen molar-refractivity contribution in [1.82, 2.24) is 9.97 Å². The van der Waals surface area contributed by atoms with Gasteiger partial charge in [-0.2, -0.15) is 13.2 Å². The van der Waals surface area contributed by atoms with Gasteiger partial charge in [0.2, 0.25) is 0 Å². The Kier molecular flexibility index (Phi) is 6.32. The molecule has 0 amide bonds. The molecule has 4 heterocycles. The zero-order chi connectivity index (χ0) is 27.7. The Hall–Kier alpha value is -2.56. The van der Waals surface area contributed by atoms with Crippen LogP contribution in [0.3, 0.4) is 0 Å². The molecule has 0 radical (unpaired) electrons. The van der Waals surface area contributed by atoms with Crippen LogP contribution in [0.2, 0.25) is 0 Å². The van der Waals surface area contributed by atoms with Gasteiger partial charge in [0.15, 0.2) is 0 Å². The minimum Gasteiger partial charge on any atom is -0.848 e. The van der Waals surface area contributed by atoms with Gasteiger partial charge in [-0.1, -0.05) is 32.8 Å². The van der Waals surface area contributed by atoms with Crippen molar-refractivity contribution in [3.05, 3.63) is 57.7 Å². The number of alkyl halides is 3. The van der Waals surface area contributed by atoms with Crippen LogP contribution < -0.4 is 5.11 Å². The number of ether oxygens (including phenoxy) is 3. The number of nitrogens with zero attached hydrogens (tertiary/aromatic N) is 2. The average Bonchev–Trinajstić information content (AvgIpc) is 3.17. The minimum atomic E-state index is -4.51. The molecule has 0 aromatic carbocycles. The molecule has 2 spiro atoms. The third-order valence-electron chi connectivity index (χ3n) is 8.97. The van der Waals surface area contributed by atoms with Crippen molar-refractivity contribution in [3.63, 3.8) is 0 Å². The van der Waals surface area contributed by atoms with Gasteiger partial charge in [-0.05, 0) is 42.0 Å². The van der Waals surface area contributed by atoms with Crippen LogP contribution in [0.25, 0.3) is 0 Å². The first-order chi connectivity index (χ1) is 18.5. The fraction of sp³-hybridized carbons (Fsp3) is 0.621. The molecule has 0 bridgehead atoms. The van der Waals surface area contributed by atoms with Gasteiger partial charge < -0.3 is 19.3 Å². The molecule has 1 saturated carbocycles. The molecule has 6 rings (SSSR count). The molecule has 2 aliphatic heterocycles. The van der Waals surface area contributed by atoms with Crippen molar-refractivity contribution < 1.29 is 37.3 Å². The topological polar surface area (TPSA) is 93.6 Å². The average molecular weight is 546 g/mol. The van der Waals surface area contributed by atoms with E-state index in [1.54, 1.807) is 0 Å². The first kappa shape index (κ1) is 26.7. The molecule has 0 N–H and O–H groups in total. The van der Waals surface area contributed by atoms with Gasteiger partial charge in [0, 0.05) is 55.8 Å². The van der Waals surface area contributed by atoms with Crippen molar-refractivity contribution in [3.8, 4) is 0 Å². The third kappa shape index (κ3) is 4.17. The molecule has 3 atom stereocenters. The maximum Gasteiger partial charge on any atom is 0.417 e. The van der Waals surface area contributed by atoms with Crippen LogP contribution in [-0.4, -0.2) is 29.2 Å². The van der Waals surface area contributed by atoms with Crippen LogP contribution in [0.4, 0.5) is 13.2 Å². The number of pyridine rings is 2. The number of rotatable bonds is 3. The maximum absolute atomic E-state index is 14.1. The highest BCUT2D eigenvalue weighted by Gasteiger charge is 2.56. The summed E-state index contributed by atoms with van der Waals surface area (Å²) in [6.07, 6.45) is -2.30. The molecule has 4 aliphatic rings. The van der Waals surface area contributed by atoms with E-state index in [0.717, 1.165) is 37.1 Å². The quantitative estimate of drug-likeness (QED) is 0.482. The number of fused-ring (bicyclic) bond motifs is 4. The zero-order valence-electron chi connectivity index (χ0n) is 22.3. The summed E-state index contributed by atoms with van der Waals surface area (Å²) in [6.45, 7) is 6.18. The van der Waals surface area contributed by atoms with Crippen LogP contribution in [0.5, 0.6) is 0 Å². The molecule has 2 aromatic rings. The van der Waals surface area contributed by atoms with Crippen LogP contribution in [0, 0.1) is 5.41 Å². The number of aromatic nitrogens is 2. The van der Waals surface area contributed by atoms with E-state index in [2.05, 4.69) is 4.98 Å². The molecular weight excluding hydrogens is 513 g/mol. The van der Waals surface area contributed by atoms with Crippen molar-refractivity contribution >= 4 is 5.97 Å². The number of hydrogen-bond donors (Lipinski definition) is 0. The zero-order valence-corrected chi connectivity index (χ0v) is 22.3. The number of esters is 1. The summed E-state index contributed by atoms with van der Waals surface area (Å²) in [5, 5.41) is 14.1. The Morgan fingerprint density at radius 3 is 2.41 bits per heavy atom. The molecule has 2 aliphatic carbocycles. The summed E-state index contributed by atoms with van der Waals surface area (Å²) in [4.78, 5) is 21.5. The van der Waals surface area contributed by atoms with E-state index >= 15 is 0 Å². The minimum absolute atomic E-state index is 0.0954. The van der Waals surface area contributed by atoms with Crippen LogP contribution in [-0.2, 0) is 30.8 Å². The van der Waals surface area contributed by atoms with E-state index in [4.69, 9.17) is 19.2 Å². The number of carbonyl (C=O) groups is 1. The summed E-state index contributed by atoms with van der Waals surface area (Å²) in [7, 11) is 0. The first-order valence-corrected chi connectivity index (χ1v) is 13.7. The number of carbonyl (C=O) groups excluding carboxylic acids is 1. The highest BCUT2D eigenvalue weighted by Crippen LogP contribution is 2.63. The highest BCUT2D eigenvalue weighted by atomic mass is 19.4. The van der Waals surface area contributed by atoms with Gasteiger partial charge in [0.1, 0.15) is 12.2 Å². The molecule has 210 valence electrons. The van der Waals surface area contributed by atoms with Crippen molar-refractivity contribution in [2.75, 3.05) is 13.2 Å². The smallest absolute Gasteiger partial charge is 0.417 e. The second-order valence-corrected chi connectivity index (χ2v) is 11.7. The summed E-state index contributed by atoms with van der Waals surface area (Å²) in [5.74, 6) is -0.513. The Labute approximate surface area is 225 Å². The van der Waals surface area contributed by atoms with Crippen LogP contribution >= 0.6 is 0 Å². The fourth-order valence-electron chi connectivity index (χ4n) is 7.03. The predicted octanol–water partition coefficient (Wildman–Crippen LogP) is 5.32. The number of hydrogen-bond acceptors (Lipinski definition) is 7. The Morgan fingerprint density at radius 2 is 1.87 bits per heavy atom. The second kappa shape index (κ2) is 9.24. The monoisotopic (exact) mass is 545 g/mol. The lowest BCUT2D eigenvalue weighted by atomic mass is 9.57. The van der Waals surface area contributed by atoms with Crippen LogP contribution in [0.15, 0.2) is 18.3 Å². The summed E-state index contributed by atoms with van der Waals surface area (Å²) in [5.41, 5.74) is 1.42. The maximum atomic E-state index is 14.1. The van der Waals surface area contributed by atoms with Gasteiger partial charge in [0.25, 0.3) is 0 Å². The summed E-state index contributed by atoms with van der Waals surface area (Å²) in [6, 6.07) is 2.35. The molecule has 2 fully saturated rings. The van der Waals surface area contributed by atoms with Crippen molar-refractivity contribution in [2.45, 2.75) is 95.3 Å². The molecular formula is C29H32F3N2O5-. The summed E-state index contributed by atoms with van der Waals surface area (Å²) < 4.78 is 58.2. The third-order valence-corrected chi connectivity index (χ3v) is 8.97. The molecule has 39 heavy (non-hydrogen) atoms. The Balaban J connectivity index is 1.59.